The Morgan fingerprint density at radius 3 is 2.25 bits per heavy atom. The Kier molecular flexibility index (Phi) is 3.62. The Hall–Kier alpha value is -1.28. The van der Waals surface area contributed by atoms with Crippen molar-refractivity contribution in [1.82, 2.24) is 9.80 Å². The molecule has 2 heterocycles. The van der Waals surface area contributed by atoms with Gasteiger partial charge in [-0.2, -0.15) is 5.26 Å². The molecule has 0 aromatic rings. The molecule has 0 saturated carbocycles. The lowest BCUT2D eigenvalue weighted by Crippen LogP contribution is -2.50. The lowest BCUT2D eigenvalue weighted by molar-refractivity contribution is 0.0409. The number of nitriles is 1. The number of hydrogen-bond donors (Lipinski definition) is 0. The molecule has 0 bridgehead atoms. The molecule has 0 spiro atoms. The smallest absolute Gasteiger partial charge is 0.320 e. The van der Waals surface area contributed by atoms with Crippen LogP contribution in [0.3, 0.4) is 0 Å². The number of urea groups is 1. The summed E-state index contributed by atoms with van der Waals surface area (Å²) < 4.78 is 5.22. The van der Waals surface area contributed by atoms with Gasteiger partial charge in [-0.25, -0.2) is 4.79 Å². The summed E-state index contributed by atoms with van der Waals surface area (Å²) in [6.07, 6.45) is 1.62. The summed E-state index contributed by atoms with van der Waals surface area (Å²) in [6.45, 7) is 4.09. The van der Waals surface area contributed by atoms with Gasteiger partial charge in [0.2, 0.25) is 0 Å². The van der Waals surface area contributed by atoms with Crippen LogP contribution in [-0.4, -0.2) is 55.2 Å². The summed E-state index contributed by atoms with van der Waals surface area (Å²) in [4.78, 5) is 15.8. The second-order valence-electron chi connectivity index (χ2n) is 4.27. The van der Waals surface area contributed by atoms with E-state index in [2.05, 4.69) is 6.07 Å². The number of carbonyl (C=O) groups is 1. The third-order valence-corrected chi connectivity index (χ3v) is 3.23. The molecule has 16 heavy (non-hydrogen) atoms. The van der Waals surface area contributed by atoms with Crippen molar-refractivity contribution < 1.29 is 9.53 Å². The van der Waals surface area contributed by atoms with E-state index in [-0.39, 0.29) is 11.9 Å². The molecule has 0 aliphatic carbocycles. The summed E-state index contributed by atoms with van der Waals surface area (Å²) >= 11 is 0. The molecule has 0 atom stereocenters. The minimum Gasteiger partial charge on any atom is -0.378 e. The highest BCUT2D eigenvalue weighted by Crippen LogP contribution is 2.17. The molecule has 2 fully saturated rings. The normalized spacial score (nSPS) is 22.9. The lowest BCUT2D eigenvalue weighted by atomic mass is 9.99. The molecule has 2 aliphatic rings. The van der Waals surface area contributed by atoms with Crippen molar-refractivity contribution in [1.29, 1.82) is 5.26 Å². The van der Waals surface area contributed by atoms with Gasteiger partial charge in [0.05, 0.1) is 19.3 Å². The van der Waals surface area contributed by atoms with Gasteiger partial charge < -0.3 is 14.5 Å². The Balaban J connectivity index is 1.84. The van der Waals surface area contributed by atoms with Gasteiger partial charge in [0.1, 0.15) is 0 Å². The molecule has 0 aromatic heterocycles. The maximum atomic E-state index is 12.1. The summed E-state index contributed by atoms with van der Waals surface area (Å²) in [5.74, 6) is 0.133. The number of piperidine rings is 1. The molecule has 0 aromatic carbocycles. The first-order valence-corrected chi connectivity index (χ1v) is 5.82. The van der Waals surface area contributed by atoms with E-state index in [1.54, 1.807) is 0 Å². The van der Waals surface area contributed by atoms with E-state index in [9.17, 15) is 4.79 Å². The van der Waals surface area contributed by atoms with Crippen LogP contribution in [0.1, 0.15) is 12.8 Å². The fourth-order valence-corrected chi connectivity index (χ4v) is 2.15. The number of nitrogens with zero attached hydrogens (tertiary/aromatic N) is 3. The van der Waals surface area contributed by atoms with Crippen molar-refractivity contribution in [2.45, 2.75) is 12.8 Å². The molecular formula is C11H17N3O2. The molecule has 5 nitrogen and oxygen atoms in total. The molecule has 0 unspecified atom stereocenters. The van der Waals surface area contributed by atoms with Gasteiger partial charge in [-0.05, 0) is 12.8 Å². The van der Waals surface area contributed by atoms with Crippen molar-refractivity contribution in [3.63, 3.8) is 0 Å². The largest absolute Gasteiger partial charge is 0.378 e. The Labute approximate surface area is 95.6 Å². The lowest BCUT2D eigenvalue weighted by Gasteiger charge is -2.35. The third kappa shape index (κ3) is 2.45. The Morgan fingerprint density at radius 2 is 1.69 bits per heavy atom. The van der Waals surface area contributed by atoms with Gasteiger partial charge in [0.15, 0.2) is 0 Å². The quantitative estimate of drug-likeness (QED) is 0.606. The summed E-state index contributed by atoms with van der Waals surface area (Å²) in [6, 6.07) is 2.38. The molecular weight excluding hydrogens is 206 g/mol. The van der Waals surface area contributed by atoms with E-state index in [4.69, 9.17) is 10.00 Å². The molecule has 2 saturated heterocycles. The predicted octanol–water partition coefficient (Wildman–Crippen LogP) is 0.674. The van der Waals surface area contributed by atoms with Crippen LogP contribution in [-0.2, 0) is 4.74 Å². The van der Waals surface area contributed by atoms with Crippen LogP contribution < -0.4 is 0 Å². The zero-order valence-electron chi connectivity index (χ0n) is 9.39. The molecule has 5 heteroatoms. The van der Waals surface area contributed by atoms with Crippen LogP contribution in [0.4, 0.5) is 4.79 Å². The van der Waals surface area contributed by atoms with Gasteiger partial charge in [0, 0.05) is 32.1 Å². The van der Waals surface area contributed by atoms with Crippen LogP contribution in [0.5, 0.6) is 0 Å². The van der Waals surface area contributed by atoms with Crippen LogP contribution in [0, 0.1) is 17.2 Å². The van der Waals surface area contributed by atoms with E-state index in [0.29, 0.717) is 39.4 Å². The van der Waals surface area contributed by atoms with E-state index in [0.717, 1.165) is 12.8 Å². The zero-order chi connectivity index (χ0) is 11.4. The first-order valence-electron chi connectivity index (χ1n) is 5.82. The predicted molar refractivity (Wildman–Crippen MR) is 57.7 cm³/mol. The number of ether oxygens (including phenoxy) is 1. The number of likely N-dealkylation sites (tertiary alicyclic amines) is 1. The van der Waals surface area contributed by atoms with E-state index in [1.807, 2.05) is 9.80 Å². The monoisotopic (exact) mass is 223 g/mol. The summed E-state index contributed by atoms with van der Waals surface area (Å²) in [5.41, 5.74) is 0. The average Bonchev–Trinajstić information content (AvgIpc) is 2.39. The topological polar surface area (TPSA) is 56.6 Å². The fraction of sp³-hybridized carbons (Fsp3) is 0.818. The minimum absolute atomic E-state index is 0.111. The van der Waals surface area contributed by atoms with Crippen molar-refractivity contribution in [3.05, 3.63) is 0 Å². The van der Waals surface area contributed by atoms with Gasteiger partial charge in [-0.1, -0.05) is 0 Å². The second kappa shape index (κ2) is 5.17. The highest BCUT2D eigenvalue weighted by Gasteiger charge is 2.26. The maximum Gasteiger partial charge on any atom is 0.320 e. The number of morpholine rings is 1. The van der Waals surface area contributed by atoms with Crippen molar-refractivity contribution in [2.75, 3.05) is 39.4 Å². The van der Waals surface area contributed by atoms with Crippen LogP contribution >= 0.6 is 0 Å². The van der Waals surface area contributed by atoms with Crippen molar-refractivity contribution in [3.8, 4) is 6.07 Å². The molecule has 2 rings (SSSR count). The molecule has 0 N–H and O–H groups in total. The average molecular weight is 223 g/mol. The van der Waals surface area contributed by atoms with Gasteiger partial charge in [0.25, 0.3) is 0 Å². The Morgan fingerprint density at radius 1 is 1.12 bits per heavy atom. The third-order valence-electron chi connectivity index (χ3n) is 3.23. The first kappa shape index (κ1) is 11.2. The molecule has 88 valence electrons. The summed E-state index contributed by atoms with van der Waals surface area (Å²) in [7, 11) is 0. The molecule has 2 amide bonds. The zero-order valence-corrected chi connectivity index (χ0v) is 9.39. The number of hydrogen-bond acceptors (Lipinski definition) is 3. The van der Waals surface area contributed by atoms with E-state index in [1.165, 1.54) is 0 Å². The van der Waals surface area contributed by atoms with Gasteiger partial charge in [-0.3, -0.25) is 0 Å². The maximum absolute atomic E-state index is 12.1. The second-order valence-corrected chi connectivity index (χ2v) is 4.27. The van der Waals surface area contributed by atoms with Gasteiger partial charge in [-0.15, -0.1) is 0 Å². The minimum atomic E-state index is 0.111. The first-order chi connectivity index (χ1) is 7.81. The Bertz CT molecular complexity index is 286. The highest BCUT2D eigenvalue weighted by atomic mass is 16.5. The number of rotatable bonds is 0. The number of carbonyl (C=O) groups excluding carboxylic acids is 1. The van der Waals surface area contributed by atoms with Gasteiger partial charge >= 0.3 is 6.03 Å². The van der Waals surface area contributed by atoms with Crippen molar-refractivity contribution in [2.24, 2.45) is 5.92 Å². The SMILES string of the molecule is N#CC1CCN(C(=O)N2CCOCC2)CC1. The van der Waals surface area contributed by atoms with E-state index < -0.39 is 0 Å². The molecule has 2 aliphatic heterocycles. The molecule has 0 radical (unpaired) electrons. The van der Waals surface area contributed by atoms with E-state index >= 15 is 0 Å². The van der Waals surface area contributed by atoms with Crippen LogP contribution in [0.25, 0.3) is 0 Å². The standard InChI is InChI=1S/C11H17N3O2/c12-9-10-1-3-13(4-2-10)11(15)14-5-7-16-8-6-14/h10H,1-8H2. The van der Waals surface area contributed by atoms with Crippen molar-refractivity contribution >= 4 is 6.03 Å². The highest BCUT2D eigenvalue weighted by molar-refractivity contribution is 5.74. The fourth-order valence-electron chi connectivity index (χ4n) is 2.15. The number of amides is 2. The summed E-state index contributed by atoms with van der Waals surface area (Å²) in [5, 5.41) is 8.78. The van der Waals surface area contributed by atoms with Crippen LogP contribution in [0.2, 0.25) is 0 Å². The van der Waals surface area contributed by atoms with Crippen LogP contribution in [0.15, 0.2) is 0 Å².